The Morgan fingerprint density at radius 2 is 2.12 bits per heavy atom. The highest BCUT2D eigenvalue weighted by Gasteiger charge is 2.20. The van der Waals surface area contributed by atoms with Gasteiger partial charge in [-0.3, -0.25) is 4.18 Å². The summed E-state index contributed by atoms with van der Waals surface area (Å²) < 4.78 is 33.4. The van der Waals surface area contributed by atoms with Crippen molar-refractivity contribution in [1.82, 2.24) is 0 Å². The van der Waals surface area contributed by atoms with Gasteiger partial charge in [-0.25, -0.2) is 0 Å². The predicted molar refractivity (Wildman–Crippen MR) is 64.8 cm³/mol. The fraction of sp³-hybridized carbons (Fsp3) is 0.400. The molecule has 1 rings (SSSR count). The van der Waals surface area contributed by atoms with Crippen molar-refractivity contribution < 1.29 is 17.3 Å². The maximum atomic E-state index is 11.8. The lowest BCUT2D eigenvalue weighted by atomic mass is 10.3. The van der Waals surface area contributed by atoms with Gasteiger partial charge < -0.3 is 10.5 Å². The van der Waals surface area contributed by atoms with Crippen LogP contribution in [0.2, 0.25) is 5.02 Å². The third kappa shape index (κ3) is 3.85. The number of methoxy groups -OCH3 is 1. The normalized spacial score (nSPS) is 11.5. The lowest BCUT2D eigenvalue weighted by Gasteiger charge is -2.09. The highest BCUT2D eigenvalue weighted by Crippen LogP contribution is 2.28. The number of nitrogens with two attached hydrogens (primary N) is 1. The van der Waals surface area contributed by atoms with Gasteiger partial charge in [0.1, 0.15) is 10.6 Å². The zero-order chi connectivity index (χ0) is 12.9. The summed E-state index contributed by atoms with van der Waals surface area (Å²) in [5.41, 5.74) is 5.26. The zero-order valence-electron chi connectivity index (χ0n) is 9.35. The largest absolute Gasteiger partial charge is 0.495 e. The van der Waals surface area contributed by atoms with Gasteiger partial charge in [-0.2, -0.15) is 8.42 Å². The molecule has 1 aromatic rings. The summed E-state index contributed by atoms with van der Waals surface area (Å²) in [5, 5.41) is 0.298. The van der Waals surface area contributed by atoms with Gasteiger partial charge in [0.2, 0.25) is 0 Å². The van der Waals surface area contributed by atoms with Gasteiger partial charge in [0.05, 0.1) is 13.7 Å². The molecule has 0 aromatic heterocycles. The maximum Gasteiger partial charge on any atom is 0.300 e. The first-order chi connectivity index (χ1) is 8.01. The van der Waals surface area contributed by atoms with Crippen LogP contribution in [0.15, 0.2) is 23.1 Å². The van der Waals surface area contributed by atoms with E-state index >= 15 is 0 Å². The van der Waals surface area contributed by atoms with Crippen LogP contribution in [0.5, 0.6) is 5.75 Å². The van der Waals surface area contributed by atoms with Gasteiger partial charge in [0, 0.05) is 5.02 Å². The molecule has 0 saturated heterocycles. The second kappa shape index (κ2) is 6.20. The van der Waals surface area contributed by atoms with E-state index in [2.05, 4.69) is 0 Å². The van der Waals surface area contributed by atoms with E-state index in [1.807, 2.05) is 0 Å². The number of halogens is 1. The van der Waals surface area contributed by atoms with Crippen LogP contribution in [-0.2, 0) is 14.3 Å². The third-order valence-corrected chi connectivity index (χ3v) is 3.55. The molecule has 96 valence electrons. The van der Waals surface area contributed by atoms with Gasteiger partial charge in [-0.15, -0.1) is 0 Å². The van der Waals surface area contributed by atoms with E-state index < -0.39 is 10.1 Å². The molecule has 0 bridgehead atoms. The van der Waals surface area contributed by atoms with E-state index in [1.165, 1.54) is 19.2 Å². The van der Waals surface area contributed by atoms with Crippen molar-refractivity contribution in [2.75, 3.05) is 20.3 Å². The van der Waals surface area contributed by atoms with Crippen molar-refractivity contribution in [2.24, 2.45) is 5.73 Å². The van der Waals surface area contributed by atoms with Crippen molar-refractivity contribution in [2.45, 2.75) is 11.3 Å². The smallest absolute Gasteiger partial charge is 0.300 e. The third-order valence-electron chi connectivity index (χ3n) is 1.98. The summed E-state index contributed by atoms with van der Waals surface area (Å²) in [7, 11) is -2.49. The minimum Gasteiger partial charge on any atom is -0.495 e. The van der Waals surface area contributed by atoms with Crippen molar-refractivity contribution in [3.05, 3.63) is 23.2 Å². The molecule has 5 nitrogen and oxygen atoms in total. The predicted octanol–water partition coefficient (Wildman–Crippen LogP) is 1.40. The molecular weight excluding hydrogens is 266 g/mol. The van der Waals surface area contributed by atoms with E-state index in [4.69, 9.17) is 26.3 Å². The Hall–Kier alpha value is -0.820. The van der Waals surface area contributed by atoms with Crippen LogP contribution in [0.1, 0.15) is 6.42 Å². The van der Waals surface area contributed by atoms with Gasteiger partial charge in [-0.05, 0) is 31.2 Å². The molecule has 0 aliphatic heterocycles. The number of ether oxygens (including phenoxy) is 1. The van der Waals surface area contributed by atoms with Crippen LogP contribution >= 0.6 is 11.6 Å². The first kappa shape index (κ1) is 14.2. The van der Waals surface area contributed by atoms with Crippen LogP contribution in [0.25, 0.3) is 0 Å². The SMILES string of the molecule is COc1ccc(Cl)cc1S(=O)(=O)OCCCN. The zero-order valence-corrected chi connectivity index (χ0v) is 10.9. The van der Waals surface area contributed by atoms with Crippen molar-refractivity contribution in [3.8, 4) is 5.75 Å². The van der Waals surface area contributed by atoms with E-state index in [9.17, 15) is 8.42 Å². The number of rotatable bonds is 6. The minimum absolute atomic E-state index is 0.0362. The Labute approximate surface area is 106 Å². The number of hydrogen-bond acceptors (Lipinski definition) is 5. The average molecular weight is 280 g/mol. The lowest BCUT2D eigenvalue weighted by molar-refractivity contribution is 0.311. The molecule has 0 spiro atoms. The Morgan fingerprint density at radius 3 is 2.71 bits per heavy atom. The molecule has 7 heteroatoms. The van der Waals surface area contributed by atoms with Gasteiger partial charge in [0.15, 0.2) is 0 Å². The summed E-state index contributed by atoms with van der Waals surface area (Å²) in [6.07, 6.45) is 0.460. The Kier molecular flexibility index (Phi) is 5.20. The highest BCUT2D eigenvalue weighted by atomic mass is 35.5. The molecule has 0 amide bonds. The Balaban J connectivity index is 3.00. The molecule has 2 N–H and O–H groups in total. The second-order valence-corrected chi connectivity index (χ2v) is 5.23. The van der Waals surface area contributed by atoms with Crippen LogP contribution in [-0.4, -0.2) is 28.7 Å². The second-order valence-electron chi connectivity index (χ2n) is 3.21. The van der Waals surface area contributed by atoms with Crippen LogP contribution in [0.4, 0.5) is 0 Å². The van der Waals surface area contributed by atoms with Crippen LogP contribution in [0, 0.1) is 0 Å². The number of hydrogen-bond donors (Lipinski definition) is 1. The molecular formula is C10H14ClNO4S. The number of benzene rings is 1. The molecule has 0 aliphatic rings. The molecule has 0 atom stereocenters. The first-order valence-electron chi connectivity index (χ1n) is 4.94. The summed E-state index contributed by atoms with van der Waals surface area (Å²) in [4.78, 5) is -0.0791. The van der Waals surface area contributed by atoms with Crippen molar-refractivity contribution >= 4 is 21.7 Å². The van der Waals surface area contributed by atoms with E-state index in [1.54, 1.807) is 6.07 Å². The van der Waals surface area contributed by atoms with E-state index in [0.717, 1.165) is 0 Å². The monoisotopic (exact) mass is 279 g/mol. The molecule has 0 aliphatic carbocycles. The van der Waals surface area contributed by atoms with Gasteiger partial charge in [-0.1, -0.05) is 11.6 Å². The molecule has 0 saturated carbocycles. The molecule has 0 fully saturated rings. The quantitative estimate of drug-likeness (QED) is 0.629. The molecule has 0 unspecified atom stereocenters. The minimum atomic E-state index is -3.86. The Bertz CT molecular complexity index is 475. The fourth-order valence-corrected chi connectivity index (χ4v) is 2.53. The van der Waals surface area contributed by atoms with Crippen LogP contribution in [0.3, 0.4) is 0 Å². The van der Waals surface area contributed by atoms with E-state index in [-0.39, 0.29) is 17.3 Å². The molecule has 1 aromatic carbocycles. The lowest BCUT2D eigenvalue weighted by Crippen LogP contribution is -2.11. The summed E-state index contributed by atoms with van der Waals surface area (Å²) >= 11 is 5.75. The highest BCUT2D eigenvalue weighted by molar-refractivity contribution is 7.86. The topological polar surface area (TPSA) is 78.6 Å². The summed E-state index contributed by atoms with van der Waals surface area (Å²) in [6.45, 7) is 0.400. The molecule has 0 radical (unpaired) electrons. The standard InChI is InChI=1S/C10H14ClNO4S/c1-15-9-4-3-8(11)7-10(9)17(13,14)16-6-2-5-12/h3-4,7H,2,5-6,12H2,1H3. The summed E-state index contributed by atoms with van der Waals surface area (Å²) in [5.74, 6) is 0.196. The summed E-state index contributed by atoms with van der Waals surface area (Å²) in [6, 6.07) is 4.30. The average Bonchev–Trinajstić information content (AvgIpc) is 2.29. The van der Waals surface area contributed by atoms with Gasteiger partial charge in [0.25, 0.3) is 0 Å². The molecule has 0 heterocycles. The fourth-order valence-electron chi connectivity index (χ4n) is 1.16. The van der Waals surface area contributed by atoms with Crippen molar-refractivity contribution in [1.29, 1.82) is 0 Å². The van der Waals surface area contributed by atoms with E-state index in [0.29, 0.717) is 18.0 Å². The Morgan fingerprint density at radius 1 is 1.41 bits per heavy atom. The van der Waals surface area contributed by atoms with Gasteiger partial charge >= 0.3 is 10.1 Å². The van der Waals surface area contributed by atoms with Crippen molar-refractivity contribution in [3.63, 3.8) is 0 Å². The maximum absolute atomic E-state index is 11.8. The first-order valence-corrected chi connectivity index (χ1v) is 6.73. The molecule has 17 heavy (non-hydrogen) atoms. The van der Waals surface area contributed by atoms with Crippen LogP contribution < -0.4 is 10.5 Å².